The molecule has 4 heteroatoms. The quantitative estimate of drug-likeness (QED) is 0.900. The van der Waals surface area contributed by atoms with Crippen LogP contribution in [0.3, 0.4) is 0 Å². The molecule has 90 valence electrons. The summed E-state index contributed by atoms with van der Waals surface area (Å²) in [5.74, 6) is 0.919. The SMILES string of the molecule is Cc1ccnc(NC(C)c2sc(C)nc2C)c1. The molecule has 0 saturated heterocycles. The Morgan fingerprint density at radius 1 is 1.29 bits per heavy atom. The van der Waals surface area contributed by atoms with Crippen LogP contribution in [0.5, 0.6) is 0 Å². The predicted molar refractivity (Wildman–Crippen MR) is 72.6 cm³/mol. The van der Waals surface area contributed by atoms with Crippen molar-refractivity contribution in [2.75, 3.05) is 5.32 Å². The van der Waals surface area contributed by atoms with Crippen molar-refractivity contribution in [3.05, 3.63) is 39.5 Å². The van der Waals surface area contributed by atoms with Crippen LogP contribution in [0, 0.1) is 20.8 Å². The zero-order chi connectivity index (χ0) is 12.4. The Labute approximate surface area is 106 Å². The van der Waals surface area contributed by atoms with Gasteiger partial charge in [0.1, 0.15) is 5.82 Å². The van der Waals surface area contributed by atoms with E-state index in [0.717, 1.165) is 16.5 Å². The monoisotopic (exact) mass is 247 g/mol. The summed E-state index contributed by atoms with van der Waals surface area (Å²) in [6.45, 7) is 8.31. The number of hydrogen-bond donors (Lipinski definition) is 1. The van der Waals surface area contributed by atoms with E-state index in [9.17, 15) is 0 Å². The second kappa shape index (κ2) is 4.84. The fraction of sp³-hybridized carbons (Fsp3) is 0.385. The predicted octanol–water partition coefficient (Wildman–Crippen LogP) is 3.64. The maximum Gasteiger partial charge on any atom is 0.126 e. The minimum atomic E-state index is 0.246. The molecule has 0 spiro atoms. The van der Waals surface area contributed by atoms with Crippen molar-refractivity contribution in [1.82, 2.24) is 9.97 Å². The van der Waals surface area contributed by atoms with Crippen LogP contribution in [0.15, 0.2) is 18.3 Å². The minimum Gasteiger partial charge on any atom is -0.363 e. The molecule has 0 aliphatic heterocycles. The maximum atomic E-state index is 4.45. The van der Waals surface area contributed by atoms with Gasteiger partial charge in [0.2, 0.25) is 0 Å². The fourth-order valence-electron chi connectivity index (χ4n) is 1.85. The molecule has 0 radical (unpaired) electrons. The molecule has 0 saturated carbocycles. The summed E-state index contributed by atoms with van der Waals surface area (Å²) in [7, 11) is 0. The van der Waals surface area contributed by atoms with Gasteiger partial charge in [-0.3, -0.25) is 0 Å². The molecule has 1 N–H and O–H groups in total. The van der Waals surface area contributed by atoms with Crippen molar-refractivity contribution < 1.29 is 0 Å². The van der Waals surface area contributed by atoms with Crippen molar-refractivity contribution in [2.24, 2.45) is 0 Å². The zero-order valence-corrected chi connectivity index (χ0v) is 11.4. The number of anilines is 1. The van der Waals surface area contributed by atoms with Crippen LogP contribution < -0.4 is 5.32 Å². The topological polar surface area (TPSA) is 37.8 Å². The number of aryl methyl sites for hydroxylation is 3. The van der Waals surface area contributed by atoms with Crippen LogP contribution in [0.25, 0.3) is 0 Å². The van der Waals surface area contributed by atoms with Crippen molar-refractivity contribution in [2.45, 2.75) is 33.7 Å². The van der Waals surface area contributed by atoms with E-state index in [0.29, 0.717) is 0 Å². The van der Waals surface area contributed by atoms with Crippen LogP contribution in [0.1, 0.15) is 34.1 Å². The normalized spacial score (nSPS) is 12.5. The van der Waals surface area contributed by atoms with Gasteiger partial charge in [-0.2, -0.15) is 0 Å². The molecule has 0 aromatic carbocycles. The Morgan fingerprint density at radius 2 is 2.06 bits per heavy atom. The highest BCUT2D eigenvalue weighted by atomic mass is 32.1. The van der Waals surface area contributed by atoms with Crippen LogP contribution in [0.2, 0.25) is 0 Å². The first kappa shape index (κ1) is 12.0. The number of hydrogen-bond acceptors (Lipinski definition) is 4. The summed E-state index contributed by atoms with van der Waals surface area (Å²) >= 11 is 1.74. The van der Waals surface area contributed by atoms with Crippen LogP contribution >= 0.6 is 11.3 Å². The Balaban J connectivity index is 2.16. The highest BCUT2D eigenvalue weighted by Crippen LogP contribution is 2.26. The summed E-state index contributed by atoms with van der Waals surface area (Å²) in [6.07, 6.45) is 1.83. The molecule has 1 unspecified atom stereocenters. The average molecular weight is 247 g/mol. The standard InChI is InChI=1S/C13H17N3S/c1-8-5-6-14-12(7-8)16-10(3)13-9(2)15-11(4)17-13/h5-7,10H,1-4H3,(H,14,16). The van der Waals surface area contributed by atoms with Crippen molar-refractivity contribution in [3.8, 4) is 0 Å². The molecule has 17 heavy (non-hydrogen) atoms. The van der Waals surface area contributed by atoms with Gasteiger partial charge in [0, 0.05) is 11.1 Å². The lowest BCUT2D eigenvalue weighted by Crippen LogP contribution is -2.07. The van der Waals surface area contributed by atoms with E-state index in [-0.39, 0.29) is 6.04 Å². The lowest BCUT2D eigenvalue weighted by molar-refractivity contribution is 0.879. The molecule has 1 atom stereocenters. The van der Waals surface area contributed by atoms with Crippen LogP contribution in [-0.4, -0.2) is 9.97 Å². The molecule has 0 aliphatic carbocycles. The van der Waals surface area contributed by atoms with Gasteiger partial charge in [0.15, 0.2) is 0 Å². The van der Waals surface area contributed by atoms with Gasteiger partial charge < -0.3 is 5.32 Å². The molecule has 2 heterocycles. The first-order chi connectivity index (χ1) is 8.06. The van der Waals surface area contributed by atoms with E-state index in [1.54, 1.807) is 11.3 Å². The molecule has 3 nitrogen and oxygen atoms in total. The summed E-state index contributed by atoms with van der Waals surface area (Å²) < 4.78 is 0. The first-order valence-electron chi connectivity index (χ1n) is 5.69. The van der Waals surface area contributed by atoms with Crippen molar-refractivity contribution in [1.29, 1.82) is 0 Å². The Bertz CT molecular complexity index is 519. The van der Waals surface area contributed by atoms with Crippen LogP contribution in [-0.2, 0) is 0 Å². The largest absolute Gasteiger partial charge is 0.363 e. The van der Waals surface area contributed by atoms with E-state index in [4.69, 9.17) is 0 Å². The lowest BCUT2D eigenvalue weighted by atomic mass is 10.2. The second-order valence-corrected chi connectivity index (χ2v) is 5.50. The molecular weight excluding hydrogens is 230 g/mol. The molecule has 0 amide bonds. The first-order valence-corrected chi connectivity index (χ1v) is 6.51. The summed E-state index contributed by atoms with van der Waals surface area (Å²) in [4.78, 5) is 10.0. The number of nitrogens with zero attached hydrogens (tertiary/aromatic N) is 2. The van der Waals surface area contributed by atoms with Crippen molar-refractivity contribution in [3.63, 3.8) is 0 Å². The summed E-state index contributed by atoms with van der Waals surface area (Å²) in [5.41, 5.74) is 2.33. The van der Waals surface area contributed by atoms with E-state index in [1.165, 1.54) is 10.4 Å². The Hall–Kier alpha value is -1.42. The number of pyridine rings is 1. The number of nitrogens with one attached hydrogen (secondary N) is 1. The molecule has 0 bridgehead atoms. The third-order valence-corrected chi connectivity index (χ3v) is 3.87. The molecule has 0 fully saturated rings. The van der Waals surface area contributed by atoms with E-state index in [1.807, 2.05) is 19.2 Å². The molecule has 2 aromatic heterocycles. The number of thiazole rings is 1. The summed E-state index contributed by atoms with van der Waals surface area (Å²) in [6, 6.07) is 4.30. The highest BCUT2D eigenvalue weighted by Gasteiger charge is 2.13. The highest BCUT2D eigenvalue weighted by molar-refractivity contribution is 7.11. The van der Waals surface area contributed by atoms with Gasteiger partial charge in [-0.15, -0.1) is 11.3 Å². The van der Waals surface area contributed by atoms with E-state index in [2.05, 4.69) is 42.1 Å². The molecule has 2 rings (SSSR count). The third-order valence-electron chi connectivity index (χ3n) is 2.61. The van der Waals surface area contributed by atoms with Gasteiger partial charge in [-0.05, 0) is 45.4 Å². The minimum absolute atomic E-state index is 0.246. The molecule has 2 aromatic rings. The van der Waals surface area contributed by atoms with Crippen molar-refractivity contribution >= 4 is 17.2 Å². The fourth-order valence-corrected chi connectivity index (χ4v) is 2.78. The maximum absolute atomic E-state index is 4.45. The van der Waals surface area contributed by atoms with E-state index >= 15 is 0 Å². The van der Waals surface area contributed by atoms with Gasteiger partial charge in [0.05, 0.1) is 16.7 Å². The van der Waals surface area contributed by atoms with E-state index < -0.39 is 0 Å². The van der Waals surface area contributed by atoms with Gasteiger partial charge in [-0.1, -0.05) is 0 Å². The smallest absolute Gasteiger partial charge is 0.126 e. The molecular formula is C13H17N3S. The summed E-state index contributed by atoms with van der Waals surface area (Å²) in [5, 5.41) is 4.53. The van der Waals surface area contributed by atoms with Gasteiger partial charge in [0.25, 0.3) is 0 Å². The second-order valence-electron chi connectivity index (χ2n) is 4.27. The van der Waals surface area contributed by atoms with Gasteiger partial charge in [-0.25, -0.2) is 9.97 Å². The zero-order valence-electron chi connectivity index (χ0n) is 10.6. The third kappa shape index (κ3) is 2.82. The average Bonchev–Trinajstić information content (AvgIpc) is 2.58. The van der Waals surface area contributed by atoms with Gasteiger partial charge >= 0.3 is 0 Å². The lowest BCUT2D eigenvalue weighted by Gasteiger charge is -2.13. The Morgan fingerprint density at radius 3 is 2.65 bits per heavy atom. The number of rotatable bonds is 3. The number of aromatic nitrogens is 2. The Kier molecular flexibility index (Phi) is 3.43. The van der Waals surface area contributed by atoms with Crippen LogP contribution in [0.4, 0.5) is 5.82 Å². The molecule has 0 aliphatic rings.